The van der Waals surface area contributed by atoms with Gasteiger partial charge in [-0.25, -0.2) is 0 Å². The number of benzene rings is 1. The molecule has 122 valence electrons. The number of rotatable bonds is 6. The molecule has 2 rings (SSSR count). The molecule has 0 spiro atoms. The van der Waals surface area contributed by atoms with Gasteiger partial charge in [-0.15, -0.1) is 0 Å². The third-order valence-electron chi connectivity index (χ3n) is 3.13. The van der Waals surface area contributed by atoms with E-state index in [2.05, 4.69) is 0 Å². The van der Waals surface area contributed by atoms with E-state index in [0.29, 0.717) is 22.2 Å². The molecule has 0 saturated carbocycles. The summed E-state index contributed by atoms with van der Waals surface area (Å²) in [6.07, 6.45) is -0.00245. The third-order valence-corrected chi connectivity index (χ3v) is 4.45. The summed E-state index contributed by atoms with van der Waals surface area (Å²) in [5.41, 5.74) is 1.66. The molecule has 1 heterocycles. The minimum Gasteiger partial charge on any atom is -0.455 e. The van der Waals surface area contributed by atoms with Crippen LogP contribution >= 0.6 is 34.5 Å². The monoisotopic (exact) mass is 371 g/mol. The predicted octanol–water partition coefficient (Wildman–Crippen LogP) is 3.80. The van der Waals surface area contributed by atoms with Gasteiger partial charge < -0.3 is 9.64 Å². The summed E-state index contributed by atoms with van der Waals surface area (Å²) in [7, 11) is 1.67. The van der Waals surface area contributed by atoms with Gasteiger partial charge in [0.25, 0.3) is 5.91 Å². The molecule has 1 aromatic carbocycles. The molecule has 0 aliphatic rings. The Kier molecular flexibility index (Phi) is 6.45. The number of nitrogens with zero attached hydrogens (tertiary/aromatic N) is 1. The highest BCUT2D eigenvalue weighted by molar-refractivity contribution is 7.07. The van der Waals surface area contributed by atoms with E-state index >= 15 is 0 Å². The van der Waals surface area contributed by atoms with E-state index in [-0.39, 0.29) is 18.9 Å². The molecule has 0 atom stereocenters. The molecule has 0 fully saturated rings. The number of amides is 1. The van der Waals surface area contributed by atoms with Crippen molar-refractivity contribution in [1.82, 2.24) is 4.90 Å². The molecule has 0 saturated heterocycles. The first-order valence-electron chi connectivity index (χ1n) is 6.80. The van der Waals surface area contributed by atoms with E-state index in [1.807, 2.05) is 16.8 Å². The molecule has 1 amide bonds. The summed E-state index contributed by atoms with van der Waals surface area (Å²) in [5.74, 6) is -0.766. The largest absolute Gasteiger partial charge is 0.455 e. The number of carbonyl (C=O) groups excluding carboxylic acids is 2. The first-order valence-corrected chi connectivity index (χ1v) is 8.50. The standard InChI is InChI=1S/C16H15Cl2NO3S/c1-19(8-11-4-5-23-10-11)15(20)9-22-16(21)6-12-2-3-13(17)7-14(12)18/h2-5,7,10H,6,8-9H2,1H3. The summed E-state index contributed by atoms with van der Waals surface area (Å²) < 4.78 is 5.01. The summed E-state index contributed by atoms with van der Waals surface area (Å²) >= 11 is 13.4. The zero-order valence-corrected chi connectivity index (χ0v) is 14.7. The quantitative estimate of drug-likeness (QED) is 0.725. The second kappa shape index (κ2) is 8.34. The van der Waals surface area contributed by atoms with E-state index in [4.69, 9.17) is 27.9 Å². The molecule has 0 bridgehead atoms. The predicted molar refractivity (Wildman–Crippen MR) is 91.9 cm³/mol. The van der Waals surface area contributed by atoms with Crippen LogP contribution in [-0.4, -0.2) is 30.4 Å². The van der Waals surface area contributed by atoms with E-state index < -0.39 is 5.97 Å². The Balaban J connectivity index is 1.80. The van der Waals surface area contributed by atoms with Crippen LogP contribution in [0.25, 0.3) is 0 Å². The molecule has 0 unspecified atom stereocenters. The molecule has 2 aromatic rings. The number of esters is 1. The van der Waals surface area contributed by atoms with Crippen LogP contribution in [0.2, 0.25) is 10.0 Å². The lowest BCUT2D eigenvalue weighted by atomic mass is 10.1. The van der Waals surface area contributed by atoms with Crippen molar-refractivity contribution in [3.8, 4) is 0 Å². The van der Waals surface area contributed by atoms with Crippen LogP contribution in [0.3, 0.4) is 0 Å². The summed E-state index contributed by atoms with van der Waals surface area (Å²) in [5, 5.41) is 4.81. The average molecular weight is 372 g/mol. The Morgan fingerprint density at radius 3 is 2.70 bits per heavy atom. The van der Waals surface area contributed by atoms with Crippen molar-refractivity contribution >= 4 is 46.4 Å². The zero-order chi connectivity index (χ0) is 16.8. The fraction of sp³-hybridized carbons (Fsp3) is 0.250. The Bertz CT molecular complexity index is 689. The van der Waals surface area contributed by atoms with Crippen LogP contribution in [0, 0.1) is 0 Å². The van der Waals surface area contributed by atoms with Gasteiger partial charge in [-0.05, 0) is 40.1 Å². The van der Waals surface area contributed by atoms with Crippen LogP contribution in [0.4, 0.5) is 0 Å². The van der Waals surface area contributed by atoms with Crippen molar-refractivity contribution in [1.29, 1.82) is 0 Å². The van der Waals surface area contributed by atoms with Crippen LogP contribution in [0.5, 0.6) is 0 Å². The van der Waals surface area contributed by atoms with Crippen LogP contribution in [-0.2, 0) is 27.3 Å². The smallest absolute Gasteiger partial charge is 0.310 e. The molecule has 1 aromatic heterocycles. The molecular weight excluding hydrogens is 357 g/mol. The van der Waals surface area contributed by atoms with Gasteiger partial charge in [-0.3, -0.25) is 9.59 Å². The molecule has 0 N–H and O–H groups in total. The van der Waals surface area contributed by atoms with Gasteiger partial charge in [-0.1, -0.05) is 29.3 Å². The Morgan fingerprint density at radius 1 is 1.26 bits per heavy atom. The summed E-state index contributed by atoms with van der Waals surface area (Å²) in [4.78, 5) is 25.3. The topological polar surface area (TPSA) is 46.6 Å². The SMILES string of the molecule is CN(Cc1ccsc1)C(=O)COC(=O)Cc1ccc(Cl)cc1Cl. The Hall–Kier alpha value is -1.56. The number of likely N-dealkylation sites (N-methyl/N-ethyl adjacent to an activating group) is 1. The van der Waals surface area contributed by atoms with Gasteiger partial charge in [0.2, 0.25) is 0 Å². The molecule has 0 radical (unpaired) electrons. The molecule has 7 heteroatoms. The van der Waals surface area contributed by atoms with Gasteiger partial charge in [-0.2, -0.15) is 11.3 Å². The number of ether oxygens (including phenoxy) is 1. The normalized spacial score (nSPS) is 10.4. The molecular formula is C16H15Cl2NO3S. The second-order valence-electron chi connectivity index (χ2n) is 4.95. The van der Waals surface area contributed by atoms with Gasteiger partial charge >= 0.3 is 5.97 Å². The Labute approximate surface area is 148 Å². The van der Waals surface area contributed by atoms with Crippen molar-refractivity contribution in [3.05, 3.63) is 56.2 Å². The molecule has 23 heavy (non-hydrogen) atoms. The highest BCUT2D eigenvalue weighted by atomic mass is 35.5. The van der Waals surface area contributed by atoms with Crippen molar-refractivity contribution in [2.24, 2.45) is 0 Å². The minimum absolute atomic E-state index is 0.00245. The van der Waals surface area contributed by atoms with Gasteiger partial charge in [0.05, 0.1) is 6.42 Å². The second-order valence-corrected chi connectivity index (χ2v) is 6.58. The molecule has 0 aliphatic heterocycles. The van der Waals surface area contributed by atoms with Crippen LogP contribution < -0.4 is 0 Å². The number of hydrogen-bond donors (Lipinski definition) is 0. The van der Waals surface area contributed by atoms with Crippen LogP contribution in [0.15, 0.2) is 35.0 Å². The van der Waals surface area contributed by atoms with Crippen molar-refractivity contribution in [2.45, 2.75) is 13.0 Å². The van der Waals surface area contributed by atoms with Gasteiger partial charge in [0, 0.05) is 23.6 Å². The van der Waals surface area contributed by atoms with Crippen molar-refractivity contribution in [3.63, 3.8) is 0 Å². The van der Waals surface area contributed by atoms with Gasteiger partial charge in [0.15, 0.2) is 6.61 Å². The third kappa shape index (κ3) is 5.53. The molecule has 4 nitrogen and oxygen atoms in total. The lowest BCUT2D eigenvalue weighted by molar-refractivity contribution is -0.151. The fourth-order valence-corrected chi connectivity index (χ4v) is 3.00. The number of hydrogen-bond acceptors (Lipinski definition) is 4. The number of thiophene rings is 1. The summed E-state index contributed by atoms with van der Waals surface area (Å²) in [6, 6.07) is 6.82. The van der Waals surface area contributed by atoms with Crippen molar-refractivity contribution in [2.75, 3.05) is 13.7 Å². The first kappa shape index (κ1) is 17.8. The molecule has 0 aliphatic carbocycles. The maximum absolute atomic E-state index is 11.9. The highest BCUT2D eigenvalue weighted by Gasteiger charge is 2.14. The minimum atomic E-state index is -0.508. The fourth-order valence-electron chi connectivity index (χ4n) is 1.87. The lowest BCUT2D eigenvalue weighted by Gasteiger charge is -2.16. The maximum atomic E-state index is 11.9. The highest BCUT2D eigenvalue weighted by Crippen LogP contribution is 2.21. The maximum Gasteiger partial charge on any atom is 0.310 e. The van der Waals surface area contributed by atoms with E-state index in [9.17, 15) is 9.59 Å². The number of carbonyl (C=O) groups is 2. The van der Waals surface area contributed by atoms with Crippen LogP contribution in [0.1, 0.15) is 11.1 Å². The average Bonchev–Trinajstić information content (AvgIpc) is 3.00. The van der Waals surface area contributed by atoms with Crippen molar-refractivity contribution < 1.29 is 14.3 Å². The summed E-state index contributed by atoms with van der Waals surface area (Å²) in [6.45, 7) is 0.202. The number of halogens is 2. The van der Waals surface area contributed by atoms with E-state index in [1.54, 1.807) is 36.6 Å². The Morgan fingerprint density at radius 2 is 2.04 bits per heavy atom. The first-order chi connectivity index (χ1) is 11.0. The van der Waals surface area contributed by atoms with E-state index in [0.717, 1.165) is 5.56 Å². The lowest BCUT2D eigenvalue weighted by Crippen LogP contribution is -2.30. The zero-order valence-electron chi connectivity index (χ0n) is 12.4. The van der Waals surface area contributed by atoms with E-state index in [1.165, 1.54) is 4.90 Å². The van der Waals surface area contributed by atoms with Gasteiger partial charge in [0.1, 0.15) is 0 Å².